The van der Waals surface area contributed by atoms with E-state index < -0.39 is 0 Å². The molecular formula is C15H20N6O. The van der Waals surface area contributed by atoms with Crippen molar-refractivity contribution in [1.29, 1.82) is 5.26 Å². The van der Waals surface area contributed by atoms with Gasteiger partial charge in [0.25, 0.3) is 5.91 Å². The summed E-state index contributed by atoms with van der Waals surface area (Å²) in [4.78, 5) is 17.5. The highest BCUT2D eigenvalue weighted by atomic mass is 16.1. The number of hydrazine groups is 1. The lowest BCUT2D eigenvalue weighted by Gasteiger charge is -2.17. The molecule has 1 amide bonds. The summed E-state index contributed by atoms with van der Waals surface area (Å²) < 4.78 is 0. The molecule has 7 nitrogen and oxygen atoms in total. The van der Waals surface area contributed by atoms with Crippen molar-refractivity contribution in [3.63, 3.8) is 0 Å². The molecule has 3 rings (SSSR count). The zero-order chi connectivity index (χ0) is 15.5. The molecular weight excluding hydrogens is 280 g/mol. The average Bonchev–Trinajstić information content (AvgIpc) is 3.23. The second kappa shape index (κ2) is 6.30. The SMILES string of the molecule is CNC(=O)c1ccc(C2CC(C3CCN(C#N)C3)NN2)cn1. The van der Waals surface area contributed by atoms with Crippen molar-refractivity contribution in [3.8, 4) is 6.19 Å². The minimum Gasteiger partial charge on any atom is -0.354 e. The van der Waals surface area contributed by atoms with Crippen LogP contribution in [0.25, 0.3) is 0 Å². The summed E-state index contributed by atoms with van der Waals surface area (Å²) in [6.45, 7) is 1.68. The highest BCUT2D eigenvalue weighted by Crippen LogP contribution is 2.29. The Morgan fingerprint density at radius 2 is 2.36 bits per heavy atom. The summed E-state index contributed by atoms with van der Waals surface area (Å²) in [5.41, 5.74) is 8.14. The van der Waals surface area contributed by atoms with Crippen molar-refractivity contribution in [1.82, 2.24) is 26.1 Å². The van der Waals surface area contributed by atoms with Crippen molar-refractivity contribution >= 4 is 5.91 Å². The van der Waals surface area contributed by atoms with E-state index in [0.717, 1.165) is 31.5 Å². The average molecular weight is 300 g/mol. The topological polar surface area (TPSA) is 93.1 Å². The molecule has 22 heavy (non-hydrogen) atoms. The van der Waals surface area contributed by atoms with Crippen LogP contribution in [0, 0.1) is 17.4 Å². The highest BCUT2D eigenvalue weighted by molar-refractivity contribution is 5.91. The first-order valence-electron chi connectivity index (χ1n) is 7.55. The van der Waals surface area contributed by atoms with Crippen LogP contribution < -0.4 is 16.2 Å². The smallest absolute Gasteiger partial charge is 0.269 e. The van der Waals surface area contributed by atoms with E-state index in [1.54, 1.807) is 19.3 Å². The van der Waals surface area contributed by atoms with Crippen LogP contribution in [0.4, 0.5) is 0 Å². The van der Waals surface area contributed by atoms with Gasteiger partial charge in [-0.1, -0.05) is 6.07 Å². The molecule has 7 heteroatoms. The number of nitrogens with zero attached hydrogens (tertiary/aromatic N) is 3. The Balaban J connectivity index is 1.61. The first-order valence-corrected chi connectivity index (χ1v) is 7.55. The van der Waals surface area contributed by atoms with Crippen molar-refractivity contribution < 1.29 is 4.79 Å². The molecule has 3 N–H and O–H groups in total. The van der Waals surface area contributed by atoms with Gasteiger partial charge in [-0.2, -0.15) is 5.26 Å². The van der Waals surface area contributed by atoms with Crippen LogP contribution in [0.2, 0.25) is 0 Å². The van der Waals surface area contributed by atoms with E-state index in [1.807, 2.05) is 11.0 Å². The Morgan fingerprint density at radius 1 is 1.50 bits per heavy atom. The number of hydrogen-bond donors (Lipinski definition) is 3. The fraction of sp³-hybridized carbons (Fsp3) is 0.533. The molecule has 1 aromatic heterocycles. The summed E-state index contributed by atoms with van der Waals surface area (Å²) in [5.74, 6) is 0.319. The number of amides is 1. The predicted molar refractivity (Wildman–Crippen MR) is 80.3 cm³/mol. The van der Waals surface area contributed by atoms with Crippen molar-refractivity contribution in [2.24, 2.45) is 5.92 Å². The third kappa shape index (κ3) is 2.89. The first kappa shape index (κ1) is 14.8. The van der Waals surface area contributed by atoms with Gasteiger partial charge in [-0.15, -0.1) is 0 Å². The summed E-state index contributed by atoms with van der Waals surface area (Å²) in [7, 11) is 1.59. The van der Waals surface area contributed by atoms with E-state index in [1.165, 1.54) is 0 Å². The molecule has 0 saturated carbocycles. The number of aromatic nitrogens is 1. The number of hydrogen-bond acceptors (Lipinski definition) is 6. The third-order valence-electron chi connectivity index (χ3n) is 4.52. The lowest BCUT2D eigenvalue weighted by molar-refractivity contribution is 0.0958. The van der Waals surface area contributed by atoms with E-state index in [-0.39, 0.29) is 11.9 Å². The number of carbonyl (C=O) groups excluding carboxylic acids is 1. The molecule has 3 atom stereocenters. The Bertz CT molecular complexity index is 581. The molecule has 2 aliphatic rings. The largest absolute Gasteiger partial charge is 0.354 e. The number of rotatable bonds is 3. The molecule has 1 aromatic rings. The Labute approximate surface area is 129 Å². The van der Waals surface area contributed by atoms with Crippen LogP contribution in [-0.4, -0.2) is 42.0 Å². The van der Waals surface area contributed by atoms with E-state index in [9.17, 15) is 4.79 Å². The van der Waals surface area contributed by atoms with Gasteiger partial charge in [0, 0.05) is 38.4 Å². The number of nitrogens with one attached hydrogen (secondary N) is 3. The maximum Gasteiger partial charge on any atom is 0.269 e. The van der Waals surface area contributed by atoms with Gasteiger partial charge < -0.3 is 10.2 Å². The predicted octanol–water partition coefficient (Wildman–Crippen LogP) is 0.152. The van der Waals surface area contributed by atoms with Crippen LogP contribution in [0.15, 0.2) is 18.3 Å². The molecule has 3 heterocycles. The van der Waals surface area contributed by atoms with Crippen molar-refractivity contribution in [3.05, 3.63) is 29.6 Å². The van der Waals surface area contributed by atoms with Gasteiger partial charge >= 0.3 is 0 Å². The molecule has 0 aromatic carbocycles. The Morgan fingerprint density at radius 3 is 3.00 bits per heavy atom. The number of likely N-dealkylation sites (tertiary alicyclic amines) is 1. The van der Waals surface area contributed by atoms with E-state index in [4.69, 9.17) is 5.26 Å². The first-order chi connectivity index (χ1) is 10.7. The van der Waals surface area contributed by atoms with Gasteiger partial charge in [0.15, 0.2) is 6.19 Å². The molecule has 0 bridgehead atoms. The third-order valence-corrected chi connectivity index (χ3v) is 4.52. The molecule has 2 aliphatic heterocycles. The lowest BCUT2D eigenvalue weighted by Crippen LogP contribution is -2.36. The van der Waals surface area contributed by atoms with Crippen molar-refractivity contribution in [2.45, 2.75) is 24.9 Å². The van der Waals surface area contributed by atoms with Crippen molar-refractivity contribution in [2.75, 3.05) is 20.1 Å². The summed E-state index contributed by atoms with van der Waals surface area (Å²) in [5, 5.41) is 11.5. The fourth-order valence-electron chi connectivity index (χ4n) is 3.19. The van der Waals surface area contributed by atoms with E-state index in [2.05, 4.69) is 27.3 Å². The van der Waals surface area contributed by atoms with Crippen LogP contribution >= 0.6 is 0 Å². The van der Waals surface area contributed by atoms with Crippen LogP contribution in [0.3, 0.4) is 0 Å². The Kier molecular flexibility index (Phi) is 4.22. The van der Waals surface area contributed by atoms with Gasteiger partial charge in [0.05, 0.1) is 0 Å². The molecule has 116 valence electrons. The lowest BCUT2D eigenvalue weighted by atomic mass is 9.93. The van der Waals surface area contributed by atoms with Crippen LogP contribution in [-0.2, 0) is 0 Å². The Hall–Kier alpha value is -2.17. The summed E-state index contributed by atoms with van der Waals surface area (Å²) in [6.07, 6.45) is 5.98. The molecule has 2 saturated heterocycles. The monoisotopic (exact) mass is 300 g/mol. The van der Waals surface area contributed by atoms with Crippen LogP contribution in [0.1, 0.15) is 34.9 Å². The van der Waals surface area contributed by atoms with Gasteiger partial charge in [-0.25, -0.2) is 5.43 Å². The standard InChI is InChI=1S/C15H20N6O/c1-17-15(22)12-3-2-10(7-18-12)13-6-14(20-19-13)11-4-5-21(8-11)9-16/h2-3,7,11,13-14,19-20H,4-6,8H2,1H3,(H,17,22). The molecule has 0 spiro atoms. The van der Waals surface area contributed by atoms with Gasteiger partial charge in [0.2, 0.25) is 0 Å². The second-order valence-corrected chi connectivity index (χ2v) is 5.83. The van der Waals surface area contributed by atoms with Gasteiger partial charge in [-0.05, 0) is 30.4 Å². The maximum atomic E-state index is 11.5. The quantitative estimate of drug-likeness (QED) is 0.688. The number of nitriles is 1. The minimum absolute atomic E-state index is 0.176. The maximum absolute atomic E-state index is 11.5. The van der Waals surface area contributed by atoms with Gasteiger partial charge in [-0.3, -0.25) is 15.2 Å². The van der Waals surface area contributed by atoms with Crippen LogP contribution in [0.5, 0.6) is 0 Å². The summed E-state index contributed by atoms with van der Waals surface area (Å²) in [6, 6.07) is 4.24. The summed E-state index contributed by atoms with van der Waals surface area (Å²) >= 11 is 0. The van der Waals surface area contributed by atoms with Gasteiger partial charge in [0.1, 0.15) is 5.69 Å². The number of pyridine rings is 1. The normalized spacial score (nSPS) is 27.6. The molecule has 3 unspecified atom stereocenters. The van der Waals surface area contributed by atoms with E-state index in [0.29, 0.717) is 17.7 Å². The highest BCUT2D eigenvalue weighted by Gasteiger charge is 2.35. The molecule has 0 radical (unpaired) electrons. The second-order valence-electron chi connectivity index (χ2n) is 5.83. The fourth-order valence-corrected chi connectivity index (χ4v) is 3.19. The zero-order valence-electron chi connectivity index (χ0n) is 12.5. The molecule has 2 fully saturated rings. The number of carbonyl (C=O) groups is 1. The minimum atomic E-state index is -0.176. The molecule has 0 aliphatic carbocycles. The zero-order valence-corrected chi connectivity index (χ0v) is 12.5. The van der Waals surface area contributed by atoms with E-state index >= 15 is 0 Å².